The monoisotopic (exact) mass is 377 g/mol. The minimum Gasteiger partial charge on any atom is -0.392 e. The maximum atomic E-state index is 12.1. The Morgan fingerprint density at radius 1 is 1.12 bits per heavy atom. The van der Waals surface area contributed by atoms with Crippen LogP contribution in [-0.2, 0) is 23.2 Å². The van der Waals surface area contributed by atoms with E-state index in [2.05, 4.69) is 15.4 Å². The second-order valence-corrected chi connectivity index (χ2v) is 7.78. The number of hydrogen-bond donors (Lipinski definition) is 4. The largest absolute Gasteiger partial charge is 0.392 e. The summed E-state index contributed by atoms with van der Waals surface area (Å²) >= 11 is 0. The third-order valence-corrected chi connectivity index (χ3v) is 5.15. The summed E-state index contributed by atoms with van der Waals surface area (Å²) in [4.78, 5) is 12.1. The lowest BCUT2D eigenvalue weighted by atomic mass is 10.1. The number of hydrogen-bond acceptors (Lipinski definition) is 4. The van der Waals surface area contributed by atoms with Crippen molar-refractivity contribution in [3.8, 4) is 0 Å². The van der Waals surface area contributed by atoms with Gasteiger partial charge in [-0.15, -0.1) is 0 Å². The van der Waals surface area contributed by atoms with Crippen molar-refractivity contribution in [2.24, 2.45) is 0 Å². The molecular formula is C18H23N3O4S. The first-order chi connectivity index (χ1) is 12.3. The topological polar surface area (TPSA) is 108 Å². The normalized spacial score (nSPS) is 11.0. The van der Waals surface area contributed by atoms with Crippen molar-refractivity contribution in [1.29, 1.82) is 0 Å². The van der Waals surface area contributed by atoms with E-state index in [-0.39, 0.29) is 24.9 Å². The number of rotatable bonds is 7. The van der Waals surface area contributed by atoms with Crippen LogP contribution in [0, 0.1) is 6.92 Å². The van der Waals surface area contributed by atoms with E-state index in [4.69, 9.17) is 0 Å². The second kappa shape index (κ2) is 8.68. The zero-order chi connectivity index (χ0) is 19.2. The van der Waals surface area contributed by atoms with E-state index in [9.17, 15) is 18.3 Å². The summed E-state index contributed by atoms with van der Waals surface area (Å²) in [6.45, 7) is 3.52. The molecule has 0 saturated heterocycles. The molecule has 26 heavy (non-hydrogen) atoms. The predicted octanol–water partition coefficient (Wildman–Crippen LogP) is 2.57. The summed E-state index contributed by atoms with van der Waals surface area (Å²) in [6.07, 6.45) is 0. The van der Waals surface area contributed by atoms with E-state index in [0.717, 1.165) is 11.1 Å². The van der Waals surface area contributed by atoms with Crippen LogP contribution in [0.5, 0.6) is 0 Å². The van der Waals surface area contributed by atoms with Crippen LogP contribution in [0.3, 0.4) is 0 Å². The number of nitrogens with one attached hydrogen (secondary N) is 3. The summed E-state index contributed by atoms with van der Waals surface area (Å²) < 4.78 is 25.8. The molecule has 0 radical (unpaired) electrons. The number of carbonyl (C=O) groups is 1. The maximum Gasteiger partial charge on any atom is 0.319 e. The van der Waals surface area contributed by atoms with Crippen molar-refractivity contribution in [2.45, 2.75) is 27.0 Å². The number of amides is 2. The Morgan fingerprint density at radius 2 is 1.81 bits per heavy atom. The first-order valence-corrected chi connectivity index (χ1v) is 9.83. The molecule has 2 amide bonds. The van der Waals surface area contributed by atoms with Gasteiger partial charge in [0.1, 0.15) is 0 Å². The maximum absolute atomic E-state index is 12.1. The number of anilines is 2. The number of carbonyl (C=O) groups excluding carboxylic acids is 1. The van der Waals surface area contributed by atoms with E-state index in [1.165, 1.54) is 0 Å². The van der Waals surface area contributed by atoms with E-state index >= 15 is 0 Å². The molecule has 0 aromatic heterocycles. The first kappa shape index (κ1) is 19.7. The number of aliphatic hydroxyl groups is 1. The lowest BCUT2D eigenvalue weighted by molar-refractivity contribution is 0.251. The van der Waals surface area contributed by atoms with Gasteiger partial charge >= 0.3 is 6.03 Å². The Balaban J connectivity index is 1.98. The third kappa shape index (κ3) is 5.47. The minimum absolute atomic E-state index is 0.00976. The summed E-state index contributed by atoms with van der Waals surface area (Å²) in [5.74, 6) is -0.00976. The summed E-state index contributed by atoms with van der Waals surface area (Å²) in [6, 6.07) is 11.8. The van der Waals surface area contributed by atoms with Crippen LogP contribution < -0.4 is 15.4 Å². The molecule has 4 N–H and O–H groups in total. The molecule has 2 aromatic rings. The number of aryl methyl sites for hydroxylation is 1. The molecule has 0 atom stereocenters. The fourth-order valence-corrected chi connectivity index (χ4v) is 3.04. The van der Waals surface area contributed by atoms with E-state index in [1.807, 2.05) is 18.2 Å². The van der Waals surface area contributed by atoms with Gasteiger partial charge in [0, 0.05) is 12.2 Å². The van der Waals surface area contributed by atoms with Gasteiger partial charge in [0.25, 0.3) is 0 Å². The molecule has 0 spiro atoms. The molecule has 8 heteroatoms. The fraction of sp³-hybridized carbons (Fsp3) is 0.278. The van der Waals surface area contributed by atoms with Crippen molar-refractivity contribution >= 4 is 27.4 Å². The Bertz CT molecular complexity index is 882. The molecule has 0 fully saturated rings. The van der Waals surface area contributed by atoms with Crippen LogP contribution in [0.15, 0.2) is 42.5 Å². The number of sulfonamides is 1. The van der Waals surface area contributed by atoms with Crippen LogP contribution in [0.25, 0.3) is 0 Å². The third-order valence-electron chi connectivity index (χ3n) is 3.86. The van der Waals surface area contributed by atoms with Gasteiger partial charge in [0.15, 0.2) is 0 Å². The van der Waals surface area contributed by atoms with Crippen LogP contribution in [0.4, 0.5) is 16.2 Å². The van der Waals surface area contributed by atoms with Crippen molar-refractivity contribution in [1.82, 2.24) is 5.32 Å². The molecule has 140 valence electrons. The van der Waals surface area contributed by atoms with E-state index in [0.29, 0.717) is 16.9 Å². The average molecular weight is 377 g/mol. The van der Waals surface area contributed by atoms with Gasteiger partial charge < -0.3 is 15.7 Å². The number of aliphatic hydroxyl groups excluding tert-OH is 1. The van der Waals surface area contributed by atoms with Crippen molar-refractivity contribution in [3.63, 3.8) is 0 Å². The molecule has 0 aliphatic carbocycles. The van der Waals surface area contributed by atoms with Gasteiger partial charge in [-0.2, -0.15) is 0 Å². The molecule has 0 unspecified atom stereocenters. The number of benzene rings is 2. The minimum atomic E-state index is -3.35. The van der Waals surface area contributed by atoms with Gasteiger partial charge in [0.2, 0.25) is 10.0 Å². The van der Waals surface area contributed by atoms with Crippen LogP contribution in [0.2, 0.25) is 0 Å². The van der Waals surface area contributed by atoms with E-state index < -0.39 is 10.0 Å². The molecule has 2 rings (SSSR count). The highest BCUT2D eigenvalue weighted by molar-refractivity contribution is 7.92. The van der Waals surface area contributed by atoms with Crippen LogP contribution in [-0.4, -0.2) is 25.3 Å². The molecule has 0 bridgehead atoms. The van der Waals surface area contributed by atoms with Crippen molar-refractivity contribution in [2.75, 3.05) is 15.8 Å². The highest BCUT2D eigenvalue weighted by Gasteiger charge is 2.10. The number of urea groups is 1. The highest BCUT2D eigenvalue weighted by atomic mass is 32.2. The standard InChI is InChI=1S/C18H23N3O4S/c1-3-26(24,25)21-17-9-8-16(10-13(17)2)20-18(23)19-11-14-6-4-5-7-15(14)12-22/h4-10,21-22H,3,11-12H2,1-2H3,(H2,19,20,23). The Labute approximate surface area is 153 Å². The van der Waals surface area contributed by atoms with Gasteiger partial charge in [-0.25, -0.2) is 13.2 Å². The zero-order valence-corrected chi connectivity index (χ0v) is 15.6. The van der Waals surface area contributed by atoms with E-state index in [1.54, 1.807) is 38.1 Å². The zero-order valence-electron chi connectivity index (χ0n) is 14.7. The summed E-state index contributed by atoms with van der Waals surface area (Å²) in [7, 11) is -3.35. The van der Waals surface area contributed by atoms with Gasteiger partial charge in [-0.1, -0.05) is 24.3 Å². The molecule has 0 heterocycles. The lowest BCUT2D eigenvalue weighted by Crippen LogP contribution is -2.28. The molecule has 2 aromatic carbocycles. The summed E-state index contributed by atoms with van der Waals surface area (Å²) in [5.41, 5.74) is 3.33. The van der Waals surface area contributed by atoms with Gasteiger partial charge in [-0.3, -0.25) is 4.72 Å². The SMILES string of the molecule is CCS(=O)(=O)Nc1ccc(NC(=O)NCc2ccccc2CO)cc1C. The molecular weight excluding hydrogens is 354 g/mol. The van der Waals surface area contributed by atoms with Crippen LogP contribution in [0.1, 0.15) is 23.6 Å². The lowest BCUT2D eigenvalue weighted by Gasteiger charge is -2.13. The Morgan fingerprint density at radius 3 is 2.42 bits per heavy atom. The first-order valence-electron chi connectivity index (χ1n) is 8.18. The highest BCUT2D eigenvalue weighted by Crippen LogP contribution is 2.21. The fourth-order valence-electron chi connectivity index (χ4n) is 2.33. The predicted molar refractivity (Wildman–Crippen MR) is 102 cm³/mol. The Hall–Kier alpha value is -2.58. The van der Waals surface area contributed by atoms with Crippen LogP contribution >= 0.6 is 0 Å². The van der Waals surface area contributed by atoms with Crippen molar-refractivity contribution < 1.29 is 18.3 Å². The van der Waals surface area contributed by atoms with Gasteiger partial charge in [-0.05, 0) is 48.7 Å². The quantitative estimate of drug-likeness (QED) is 0.595. The molecule has 0 aliphatic rings. The van der Waals surface area contributed by atoms with Crippen molar-refractivity contribution in [3.05, 3.63) is 59.2 Å². The second-order valence-electron chi connectivity index (χ2n) is 5.77. The molecule has 0 saturated carbocycles. The smallest absolute Gasteiger partial charge is 0.319 e. The Kier molecular flexibility index (Phi) is 6.59. The molecule has 7 nitrogen and oxygen atoms in total. The summed E-state index contributed by atoms with van der Waals surface area (Å²) in [5, 5.41) is 14.7. The average Bonchev–Trinajstić information content (AvgIpc) is 2.62. The molecule has 0 aliphatic heterocycles. The van der Waals surface area contributed by atoms with Gasteiger partial charge in [0.05, 0.1) is 18.0 Å².